The molecule has 0 aromatic rings. The predicted octanol–water partition coefficient (Wildman–Crippen LogP) is 4.37. The fourth-order valence-electron chi connectivity index (χ4n) is 2.40. The molecule has 32 heavy (non-hydrogen) atoms. The van der Waals surface area contributed by atoms with Crippen LogP contribution < -0.4 is 0 Å². The summed E-state index contributed by atoms with van der Waals surface area (Å²) in [5, 5.41) is 0. The van der Waals surface area contributed by atoms with E-state index >= 15 is 0 Å². The zero-order valence-electron chi connectivity index (χ0n) is 20.8. The smallest absolute Gasteiger partial charge is 0.311 e. The van der Waals surface area contributed by atoms with Crippen molar-refractivity contribution >= 4 is 23.9 Å². The molecule has 0 radical (unpaired) electrons. The summed E-state index contributed by atoms with van der Waals surface area (Å²) >= 11 is 0. The lowest BCUT2D eigenvalue weighted by atomic mass is 9.97. The summed E-state index contributed by atoms with van der Waals surface area (Å²) in [6.07, 6.45) is 5.97. The highest BCUT2D eigenvalue weighted by atomic mass is 16.6. The number of esters is 4. The predicted molar refractivity (Wildman–Crippen MR) is 120 cm³/mol. The maximum atomic E-state index is 11.6. The van der Waals surface area contributed by atoms with Crippen LogP contribution in [0.15, 0.2) is 0 Å². The van der Waals surface area contributed by atoms with E-state index in [4.69, 9.17) is 18.9 Å². The Bertz CT molecular complexity index is 532. The summed E-state index contributed by atoms with van der Waals surface area (Å²) in [6, 6.07) is 0. The summed E-state index contributed by atoms with van der Waals surface area (Å²) in [6.45, 7) is 10.9. The number of hydrogen-bond donors (Lipinski definition) is 0. The Morgan fingerprint density at radius 3 is 1.06 bits per heavy atom. The van der Waals surface area contributed by atoms with Gasteiger partial charge in [-0.05, 0) is 54.4 Å². The Labute approximate surface area is 192 Å². The van der Waals surface area contributed by atoms with E-state index in [-0.39, 0.29) is 50.3 Å². The lowest BCUT2D eigenvalue weighted by Crippen LogP contribution is -2.24. The molecule has 0 N–H and O–H groups in total. The van der Waals surface area contributed by atoms with Crippen molar-refractivity contribution < 1.29 is 38.1 Å². The molecule has 0 unspecified atom stereocenters. The van der Waals surface area contributed by atoms with Crippen LogP contribution in [0.1, 0.15) is 92.9 Å². The topological polar surface area (TPSA) is 105 Å². The normalized spacial score (nSPS) is 11.6. The molecule has 0 aliphatic rings. The third-order valence-electron chi connectivity index (χ3n) is 4.40. The monoisotopic (exact) mass is 458 g/mol. The van der Waals surface area contributed by atoms with Crippen molar-refractivity contribution in [1.29, 1.82) is 0 Å². The summed E-state index contributed by atoms with van der Waals surface area (Å²) in [4.78, 5) is 46.4. The largest absolute Gasteiger partial charge is 0.462 e. The van der Waals surface area contributed by atoms with Crippen LogP contribution in [0.2, 0.25) is 0 Å². The lowest BCUT2D eigenvalue weighted by molar-refractivity contribution is -0.158. The molecule has 0 aromatic carbocycles. The Morgan fingerprint density at radius 1 is 0.469 bits per heavy atom. The van der Waals surface area contributed by atoms with Gasteiger partial charge in [-0.3, -0.25) is 19.2 Å². The van der Waals surface area contributed by atoms with E-state index in [0.29, 0.717) is 12.8 Å². The third-order valence-corrected chi connectivity index (χ3v) is 4.40. The van der Waals surface area contributed by atoms with Crippen molar-refractivity contribution in [2.45, 2.75) is 92.9 Å². The fraction of sp³-hybridized carbons (Fsp3) is 0.833. The lowest BCUT2D eigenvalue weighted by Gasteiger charge is -2.16. The summed E-state index contributed by atoms with van der Waals surface area (Å²) < 4.78 is 20.2. The minimum absolute atomic E-state index is 0.0757. The highest BCUT2D eigenvalue weighted by Crippen LogP contribution is 2.15. The van der Waals surface area contributed by atoms with Crippen LogP contribution in [0.4, 0.5) is 0 Å². The molecule has 8 nitrogen and oxygen atoms in total. The molecule has 0 spiro atoms. The van der Waals surface area contributed by atoms with Crippen LogP contribution in [0.25, 0.3) is 0 Å². The SMILES string of the molecule is CC(C)(C)C(=O)OCCOC(=O)CCCCCCCCC(=O)OCCOC(=O)C(C)(C)C. The van der Waals surface area contributed by atoms with Crippen LogP contribution in [-0.4, -0.2) is 50.3 Å². The molecule has 0 bridgehead atoms. The van der Waals surface area contributed by atoms with Crippen LogP contribution >= 0.6 is 0 Å². The van der Waals surface area contributed by atoms with Gasteiger partial charge in [0.2, 0.25) is 0 Å². The van der Waals surface area contributed by atoms with Gasteiger partial charge in [0, 0.05) is 12.8 Å². The van der Waals surface area contributed by atoms with Crippen molar-refractivity contribution in [3.05, 3.63) is 0 Å². The molecule has 0 aliphatic heterocycles. The number of carbonyl (C=O) groups is 4. The Hall–Kier alpha value is -2.12. The number of unbranched alkanes of at least 4 members (excludes halogenated alkanes) is 5. The standard InChI is InChI=1S/C24H42O8/c1-23(2,3)21(27)31-17-15-29-19(25)13-11-9-7-8-10-12-14-20(26)30-16-18-32-22(28)24(4,5)6/h7-18H2,1-6H3. The summed E-state index contributed by atoms with van der Waals surface area (Å²) in [7, 11) is 0. The van der Waals surface area contributed by atoms with Gasteiger partial charge in [-0.15, -0.1) is 0 Å². The number of rotatable bonds is 15. The molecule has 186 valence electrons. The van der Waals surface area contributed by atoms with Gasteiger partial charge in [0.1, 0.15) is 26.4 Å². The van der Waals surface area contributed by atoms with Crippen molar-refractivity contribution in [2.24, 2.45) is 10.8 Å². The van der Waals surface area contributed by atoms with Gasteiger partial charge < -0.3 is 18.9 Å². The molecule has 0 heterocycles. The van der Waals surface area contributed by atoms with Gasteiger partial charge in [-0.1, -0.05) is 25.7 Å². The molecule has 0 saturated heterocycles. The highest BCUT2D eigenvalue weighted by molar-refractivity contribution is 5.75. The molecular weight excluding hydrogens is 416 g/mol. The Balaban J connectivity index is 3.51. The van der Waals surface area contributed by atoms with Gasteiger partial charge in [-0.25, -0.2) is 0 Å². The molecule has 0 fully saturated rings. The molecule has 0 aliphatic carbocycles. The molecule has 0 rings (SSSR count). The van der Waals surface area contributed by atoms with E-state index in [2.05, 4.69) is 0 Å². The number of carbonyl (C=O) groups excluding carboxylic acids is 4. The number of hydrogen-bond acceptors (Lipinski definition) is 8. The van der Waals surface area contributed by atoms with Crippen molar-refractivity contribution in [3.63, 3.8) is 0 Å². The van der Waals surface area contributed by atoms with E-state index in [9.17, 15) is 19.2 Å². The average molecular weight is 459 g/mol. The third kappa shape index (κ3) is 16.6. The minimum Gasteiger partial charge on any atom is -0.462 e. The molecule has 0 atom stereocenters. The second kappa shape index (κ2) is 15.6. The van der Waals surface area contributed by atoms with Gasteiger partial charge in [0.25, 0.3) is 0 Å². The summed E-state index contributed by atoms with van der Waals surface area (Å²) in [5.41, 5.74) is -1.13. The average Bonchev–Trinajstić information content (AvgIpc) is 2.68. The molecule has 8 heteroatoms. The van der Waals surface area contributed by atoms with E-state index in [1.807, 2.05) is 0 Å². The number of ether oxygens (including phenoxy) is 4. The second-order valence-electron chi connectivity index (χ2n) is 9.83. The van der Waals surface area contributed by atoms with Gasteiger partial charge in [-0.2, -0.15) is 0 Å². The molecule has 0 saturated carbocycles. The first-order valence-corrected chi connectivity index (χ1v) is 11.5. The zero-order valence-corrected chi connectivity index (χ0v) is 20.8. The first-order valence-electron chi connectivity index (χ1n) is 11.5. The van der Waals surface area contributed by atoms with Crippen molar-refractivity contribution in [3.8, 4) is 0 Å². The van der Waals surface area contributed by atoms with E-state index < -0.39 is 10.8 Å². The fourth-order valence-corrected chi connectivity index (χ4v) is 2.40. The van der Waals surface area contributed by atoms with Crippen LogP contribution in [0, 0.1) is 10.8 Å². The molecule has 0 aromatic heterocycles. The van der Waals surface area contributed by atoms with Crippen LogP contribution in [0.5, 0.6) is 0 Å². The minimum atomic E-state index is -0.563. The first kappa shape index (κ1) is 29.9. The van der Waals surface area contributed by atoms with Crippen molar-refractivity contribution in [2.75, 3.05) is 26.4 Å². The maximum absolute atomic E-state index is 11.6. The first-order chi connectivity index (χ1) is 14.8. The highest BCUT2D eigenvalue weighted by Gasteiger charge is 2.23. The van der Waals surface area contributed by atoms with E-state index in [1.165, 1.54) is 0 Å². The van der Waals surface area contributed by atoms with Crippen molar-refractivity contribution in [1.82, 2.24) is 0 Å². The Kier molecular flexibility index (Phi) is 14.6. The summed E-state index contributed by atoms with van der Waals surface area (Å²) in [5.74, 6) is -1.20. The maximum Gasteiger partial charge on any atom is 0.311 e. The van der Waals surface area contributed by atoms with E-state index in [0.717, 1.165) is 38.5 Å². The van der Waals surface area contributed by atoms with Gasteiger partial charge in [0.05, 0.1) is 10.8 Å². The van der Waals surface area contributed by atoms with Gasteiger partial charge >= 0.3 is 23.9 Å². The zero-order chi connectivity index (χ0) is 24.6. The van der Waals surface area contributed by atoms with Gasteiger partial charge in [0.15, 0.2) is 0 Å². The van der Waals surface area contributed by atoms with Crippen LogP contribution in [-0.2, 0) is 38.1 Å². The molecule has 0 amide bonds. The quantitative estimate of drug-likeness (QED) is 0.202. The molecular formula is C24H42O8. The second-order valence-corrected chi connectivity index (χ2v) is 9.83. The van der Waals surface area contributed by atoms with E-state index in [1.54, 1.807) is 41.5 Å². The Morgan fingerprint density at radius 2 is 0.750 bits per heavy atom. The van der Waals surface area contributed by atoms with Crippen LogP contribution in [0.3, 0.4) is 0 Å².